The minimum absolute atomic E-state index is 0.222. The van der Waals surface area contributed by atoms with E-state index in [1.165, 1.54) is 0 Å². The summed E-state index contributed by atoms with van der Waals surface area (Å²) in [5, 5.41) is 17.9. The topological polar surface area (TPSA) is 58.8 Å². The Balaban J connectivity index is 2.41. The highest BCUT2D eigenvalue weighted by Gasteiger charge is 2.13. The summed E-state index contributed by atoms with van der Waals surface area (Å²) in [5.41, 5.74) is 2.89. The monoisotopic (exact) mass is 287 g/mol. The fourth-order valence-electron chi connectivity index (χ4n) is 1.79. The lowest BCUT2D eigenvalue weighted by Gasteiger charge is -2.10. The Hall–Kier alpha value is -2.12. The zero-order valence-electron chi connectivity index (χ0n) is 11.6. The quantitative estimate of drug-likeness (QED) is 0.857. The summed E-state index contributed by atoms with van der Waals surface area (Å²) in [4.78, 5) is 0. The van der Waals surface area contributed by atoms with E-state index >= 15 is 0 Å². The van der Waals surface area contributed by atoms with Gasteiger partial charge in [0.05, 0.1) is 5.69 Å². The first-order chi connectivity index (χ1) is 9.56. The zero-order chi connectivity index (χ0) is 14.7. The standard InChI is InChI=1S/C15H14ClN3O/c1-4-11-7-12(5-6-14(11)16)20-15-13(8-17)9(2)10(3)18-19-15/h5-7H,4H2,1-3H3. The minimum Gasteiger partial charge on any atom is -0.437 e. The number of aromatic nitrogens is 2. The van der Waals surface area contributed by atoms with Crippen molar-refractivity contribution in [2.45, 2.75) is 27.2 Å². The van der Waals surface area contributed by atoms with E-state index in [0.717, 1.165) is 23.2 Å². The van der Waals surface area contributed by atoms with Crippen molar-refractivity contribution in [1.82, 2.24) is 10.2 Å². The van der Waals surface area contributed by atoms with E-state index in [9.17, 15) is 5.26 Å². The van der Waals surface area contributed by atoms with Crippen LogP contribution in [0.5, 0.6) is 11.6 Å². The van der Waals surface area contributed by atoms with Crippen LogP contribution in [0.4, 0.5) is 0 Å². The highest BCUT2D eigenvalue weighted by atomic mass is 35.5. The zero-order valence-corrected chi connectivity index (χ0v) is 12.3. The van der Waals surface area contributed by atoms with Crippen LogP contribution >= 0.6 is 11.6 Å². The molecule has 2 rings (SSSR count). The lowest BCUT2D eigenvalue weighted by Crippen LogP contribution is -2.00. The van der Waals surface area contributed by atoms with E-state index in [2.05, 4.69) is 16.3 Å². The maximum Gasteiger partial charge on any atom is 0.257 e. The molecule has 0 aliphatic rings. The van der Waals surface area contributed by atoms with Gasteiger partial charge in [0.1, 0.15) is 17.4 Å². The van der Waals surface area contributed by atoms with Crippen LogP contribution in [0.2, 0.25) is 5.02 Å². The van der Waals surface area contributed by atoms with Crippen molar-refractivity contribution in [3.05, 3.63) is 45.6 Å². The maximum absolute atomic E-state index is 9.23. The molecule has 1 aromatic carbocycles. The molecule has 0 fully saturated rings. The summed E-state index contributed by atoms with van der Waals surface area (Å²) in [5.74, 6) is 0.820. The molecule has 0 N–H and O–H groups in total. The fourth-order valence-corrected chi connectivity index (χ4v) is 2.04. The predicted octanol–water partition coefficient (Wildman–Crippen LogP) is 3.97. The Kier molecular flexibility index (Phi) is 4.21. The van der Waals surface area contributed by atoms with Gasteiger partial charge in [-0.3, -0.25) is 0 Å². The van der Waals surface area contributed by atoms with Gasteiger partial charge in [0, 0.05) is 5.02 Å². The number of nitrogens with zero attached hydrogens (tertiary/aromatic N) is 3. The predicted molar refractivity (Wildman–Crippen MR) is 77.1 cm³/mol. The second-order valence-electron chi connectivity index (χ2n) is 4.41. The first-order valence-corrected chi connectivity index (χ1v) is 6.64. The van der Waals surface area contributed by atoms with Crippen LogP contribution in [-0.4, -0.2) is 10.2 Å². The van der Waals surface area contributed by atoms with Gasteiger partial charge in [0.15, 0.2) is 0 Å². The summed E-state index contributed by atoms with van der Waals surface area (Å²) in [6, 6.07) is 7.48. The molecule has 1 aromatic heterocycles. The molecule has 0 aliphatic heterocycles. The molecule has 0 bridgehead atoms. The molecule has 0 spiro atoms. The Morgan fingerprint density at radius 2 is 2.05 bits per heavy atom. The normalized spacial score (nSPS) is 10.2. The summed E-state index contributed by atoms with van der Waals surface area (Å²) < 4.78 is 5.68. The van der Waals surface area contributed by atoms with Crippen molar-refractivity contribution in [2.75, 3.05) is 0 Å². The van der Waals surface area contributed by atoms with Gasteiger partial charge in [-0.1, -0.05) is 18.5 Å². The van der Waals surface area contributed by atoms with Crippen molar-refractivity contribution >= 4 is 11.6 Å². The molecule has 0 unspecified atom stereocenters. The Bertz CT molecular complexity index is 692. The van der Waals surface area contributed by atoms with Crippen molar-refractivity contribution in [1.29, 1.82) is 5.26 Å². The average Bonchev–Trinajstić information content (AvgIpc) is 2.45. The summed E-state index contributed by atoms with van der Waals surface area (Å²) >= 11 is 6.07. The van der Waals surface area contributed by atoms with Crippen LogP contribution < -0.4 is 4.74 Å². The summed E-state index contributed by atoms with van der Waals surface area (Å²) in [6.45, 7) is 5.65. The van der Waals surface area contributed by atoms with Crippen LogP contribution in [-0.2, 0) is 6.42 Å². The number of rotatable bonds is 3. The molecule has 1 heterocycles. The van der Waals surface area contributed by atoms with Gasteiger partial charge in [-0.2, -0.15) is 10.4 Å². The largest absolute Gasteiger partial charge is 0.437 e. The molecule has 102 valence electrons. The molecule has 0 aliphatic carbocycles. The number of halogens is 1. The second-order valence-corrected chi connectivity index (χ2v) is 4.82. The molecule has 0 radical (unpaired) electrons. The van der Waals surface area contributed by atoms with Crippen LogP contribution in [0, 0.1) is 25.2 Å². The molecule has 0 saturated carbocycles. The average molecular weight is 288 g/mol. The molecular formula is C15H14ClN3O. The second kappa shape index (κ2) is 5.89. The lowest BCUT2D eigenvalue weighted by atomic mass is 10.1. The van der Waals surface area contributed by atoms with Gasteiger partial charge in [-0.25, -0.2) is 0 Å². The first-order valence-electron chi connectivity index (χ1n) is 6.27. The van der Waals surface area contributed by atoms with E-state index in [4.69, 9.17) is 16.3 Å². The third-order valence-electron chi connectivity index (χ3n) is 3.15. The van der Waals surface area contributed by atoms with Gasteiger partial charge in [0.25, 0.3) is 5.88 Å². The van der Waals surface area contributed by atoms with Crippen molar-refractivity contribution in [3.63, 3.8) is 0 Å². The molecule has 0 amide bonds. The van der Waals surface area contributed by atoms with Crippen LogP contribution in [0.15, 0.2) is 18.2 Å². The smallest absolute Gasteiger partial charge is 0.257 e. The first kappa shape index (κ1) is 14.3. The van der Waals surface area contributed by atoms with Gasteiger partial charge >= 0.3 is 0 Å². The lowest BCUT2D eigenvalue weighted by molar-refractivity contribution is 0.451. The SMILES string of the molecule is CCc1cc(Oc2nnc(C)c(C)c2C#N)ccc1Cl. The van der Waals surface area contributed by atoms with Crippen molar-refractivity contribution in [2.24, 2.45) is 0 Å². The van der Waals surface area contributed by atoms with E-state index in [1.807, 2.05) is 26.8 Å². The molecule has 20 heavy (non-hydrogen) atoms. The molecule has 0 atom stereocenters. The number of ether oxygens (including phenoxy) is 1. The summed E-state index contributed by atoms with van der Waals surface area (Å²) in [6.07, 6.45) is 0.805. The van der Waals surface area contributed by atoms with E-state index in [0.29, 0.717) is 16.3 Å². The van der Waals surface area contributed by atoms with Gasteiger partial charge in [0.2, 0.25) is 0 Å². The molecule has 2 aromatic rings. The molecular weight excluding hydrogens is 274 g/mol. The van der Waals surface area contributed by atoms with Crippen molar-refractivity contribution in [3.8, 4) is 17.7 Å². The Labute approximate surface area is 123 Å². The molecule has 0 saturated heterocycles. The highest BCUT2D eigenvalue weighted by molar-refractivity contribution is 6.31. The van der Waals surface area contributed by atoms with E-state index in [-0.39, 0.29) is 5.88 Å². The third kappa shape index (κ3) is 2.73. The third-order valence-corrected chi connectivity index (χ3v) is 3.52. The van der Waals surface area contributed by atoms with Crippen molar-refractivity contribution < 1.29 is 4.74 Å². The van der Waals surface area contributed by atoms with Gasteiger partial charge in [-0.15, -0.1) is 5.10 Å². The van der Waals surface area contributed by atoms with Crippen LogP contribution in [0.3, 0.4) is 0 Å². The number of hydrogen-bond donors (Lipinski definition) is 0. The minimum atomic E-state index is 0.222. The Morgan fingerprint density at radius 1 is 1.30 bits per heavy atom. The Morgan fingerprint density at radius 3 is 2.70 bits per heavy atom. The fraction of sp³-hybridized carbons (Fsp3) is 0.267. The number of hydrogen-bond acceptors (Lipinski definition) is 4. The highest BCUT2D eigenvalue weighted by Crippen LogP contribution is 2.28. The number of nitriles is 1. The van der Waals surface area contributed by atoms with Crippen LogP contribution in [0.1, 0.15) is 29.3 Å². The molecule has 5 heteroatoms. The maximum atomic E-state index is 9.23. The van der Waals surface area contributed by atoms with E-state index < -0.39 is 0 Å². The van der Waals surface area contributed by atoms with E-state index in [1.54, 1.807) is 12.1 Å². The number of benzene rings is 1. The number of aryl methyl sites for hydroxylation is 2. The van der Waals surface area contributed by atoms with Gasteiger partial charge in [-0.05, 0) is 49.6 Å². The summed E-state index contributed by atoms with van der Waals surface area (Å²) in [7, 11) is 0. The van der Waals surface area contributed by atoms with Gasteiger partial charge < -0.3 is 4.74 Å². The van der Waals surface area contributed by atoms with Crippen LogP contribution in [0.25, 0.3) is 0 Å². The molecule has 4 nitrogen and oxygen atoms in total.